The predicted octanol–water partition coefficient (Wildman–Crippen LogP) is 1.56. The summed E-state index contributed by atoms with van der Waals surface area (Å²) in [6.45, 7) is 5.62. The molecule has 1 saturated carbocycles. The lowest BCUT2D eigenvalue weighted by Gasteiger charge is -2.19. The second kappa shape index (κ2) is 9.77. The third-order valence-corrected chi connectivity index (χ3v) is 4.07. The molecule has 0 radical (unpaired) electrons. The van der Waals surface area contributed by atoms with Gasteiger partial charge in [-0.2, -0.15) is 0 Å². The van der Waals surface area contributed by atoms with Gasteiger partial charge in [0.15, 0.2) is 0 Å². The van der Waals surface area contributed by atoms with Gasteiger partial charge in [-0.15, -0.1) is 0 Å². The number of rotatable bonds is 11. The Morgan fingerprint density at radius 2 is 1.86 bits per heavy atom. The fourth-order valence-electron chi connectivity index (χ4n) is 2.43. The average Bonchev–Trinajstić information content (AvgIpc) is 3.23. The predicted molar refractivity (Wildman–Crippen MR) is 84.6 cm³/mol. The van der Waals surface area contributed by atoms with E-state index in [-0.39, 0.29) is 11.8 Å². The van der Waals surface area contributed by atoms with Gasteiger partial charge in [0.25, 0.3) is 0 Å². The summed E-state index contributed by atoms with van der Waals surface area (Å²) in [6.07, 6.45) is 5.86. The van der Waals surface area contributed by atoms with Gasteiger partial charge in [0, 0.05) is 25.4 Å². The van der Waals surface area contributed by atoms with E-state index >= 15 is 0 Å². The molecule has 5 heteroatoms. The van der Waals surface area contributed by atoms with Crippen LogP contribution in [0.2, 0.25) is 0 Å². The number of nitrogens with two attached hydrogens (primary N) is 1. The summed E-state index contributed by atoms with van der Waals surface area (Å²) < 4.78 is 0. The molecule has 5 nitrogen and oxygen atoms in total. The second-order valence-electron chi connectivity index (χ2n) is 6.42. The number of carbonyl (C=O) groups excluding carboxylic acids is 2. The Balaban J connectivity index is 2.03. The highest BCUT2D eigenvalue weighted by Crippen LogP contribution is 2.20. The molecule has 0 aromatic rings. The number of carbonyl (C=O) groups is 2. The molecular weight excluding hydrogens is 266 g/mol. The summed E-state index contributed by atoms with van der Waals surface area (Å²) in [5, 5.41) is 5.84. The maximum Gasteiger partial charge on any atom is 0.220 e. The van der Waals surface area contributed by atoms with Crippen LogP contribution in [-0.2, 0) is 9.59 Å². The van der Waals surface area contributed by atoms with E-state index in [1.165, 1.54) is 0 Å². The van der Waals surface area contributed by atoms with Gasteiger partial charge >= 0.3 is 0 Å². The molecule has 0 aromatic heterocycles. The fourth-order valence-corrected chi connectivity index (χ4v) is 2.43. The van der Waals surface area contributed by atoms with E-state index in [2.05, 4.69) is 24.5 Å². The van der Waals surface area contributed by atoms with E-state index in [0.717, 1.165) is 25.7 Å². The van der Waals surface area contributed by atoms with Crippen molar-refractivity contribution in [3.8, 4) is 0 Å². The van der Waals surface area contributed by atoms with Crippen LogP contribution in [0.4, 0.5) is 0 Å². The highest BCUT2D eigenvalue weighted by atomic mass is 16.2. The molecule has 0 saturated heterocycles. The first kappa shape index (κ1) is 18.0. The number of nitrogens with one attached hydrogen (secondary N) is 2. The Bertz CT molecular complexity index is 327. The minimum atomic E-state index is 0.0836. The first-order valence-corrected chi connectivity index (χ1v) is 8.29. The smallest absolute Gasteiger partial charge is 0.220 e. The van der Waals surface area contributed by atoms with Crippen molar-refractivity contribution in [2.45, 2.75) is 64.8 Å². The molecule has 0 heterocycles. The summed E-state index contributed by atoms with van der Waals surface area (Å²) in [4.78, 5) is 23.2. The Kier molecular flexibility index (Phi) is 8.35. The van der Waals surface area contributed by atoms with Crippen LogP contribution in [0, 0.1) is 11.8 Å². The van der Waals surface area contributed by atoms with Gasteiger partial charge in [0.1, 0.15) is 0 Å². The molecule has 1 rings (SSSR count). The molecule has 1 aliphatic rings. The SMILES string of the molecule is CC(C)C(CCN)CCC(=O)NCCCC(=O)NC1CC1. The van der Waals surface area contributed by atoms with E-state index in [1.807, 2.05) is 0 Å². The minimum Gasteiger partial charge on any atom is -0.356 e. The van der Waals surface area contributed by atoms with Crippen LogP contribution in [0.3, 0.4) is 0 Å². The molecule has 4 N–H and O–H groups in total. The minimum absolute atomic E-state index is 0.0836. The standard InChI is InChI=1S/C16H31N3O2/c1-12(2)13(9-10-17)5-8-15(20)18-11-3-4-16(21)19-14-6-7-14/h12-14H,3-11,17H2,1-2H3,(H,18,20)(H,19,21). The molecule has 1 aliphatic carbocycles. The Morgan fingerprint density at radius 3 is 2.43 bits per heavy atom. The number of amides is 2. The lowest BCUT2D eigenvalue weighted by atomic mass is 9.88. The third-order valence-electron chi connectivity index (χ3n) is 4.07. The summed E-state index contributed by atoms with van der Waals surface area (Å²) in [7, 11) is 0. The zero-order chi connectivity index (χ0) is 15.7. The molecule has 0 bridgehead atoms. The van der Waals surface area contributed by atoms with Gasteiger partial charge in [0.05, 0.1) is 0 Å². The van der Waals surface area contributed by atoms with Crippen molar-refractivity contribution in [2.24, 2.45) is 17.6 Å². The Morgan fingerprint density at radius 1 is 1.14 bits per heavy atom. The van der Waals surface area contributed by atoms with E-state index < -0.39 is 0 Å². The van der Waals surface area contributed by atoms with Crippen molar-refractivity contribution in [1.82, 2.24) is 10.6 Å². The molecule has 0 aromatic carbocycles. The molecular formula is C16H31N3O2. The Labute approximate surface area is 128 Å². The first-order chi connectivity index (χ1) is 10.0. The van der Waals surface area contributed by atoms with Gasteiger partial charge < -0.3 is 16.4 Å². The van der Waals surface area contributed by atoms with Crippen LogP contribution in [0.15, 0.2) is 0 Å². The highest BCUT2D eigenvalue weighted by molar-refractivity contribution is 5.77. The van der Waals surface area contributed by atoms with Crippen molar-refractivity contribution in [3.63, 3.8) is 0 Å². The van der Waals surface area contributed by atoms with Crippen LogP contribution in [0.5, 0.6) is 0 Å². The first-order valence-electron chi connectivity index (χ1n) is 8.29. The summed E-state index contributed by atoms with van der Waals surface area (Å²) in [5.41, 5.74) is 5.60. The summed E-state index contributed by atoms with van der Waals surface area (Å²) in [5.74, 6) is 1.27. The topological polar surface area (TPSA) is 84.2 Å². The van der Waals surface area contributed by atoms with E-state index in [9.17, 15) is 9.59 Å². The Hall–Kier alpha value is -1.10. The zero-order valence-electron chi connectivity index (χ0n) is 13.5. The molecule has 1 atom stereocenters. The van der Waals surface area contributed by atoms with Gasteiger partial charge in [0.2, 0.25) is 11.8 Å². The number of hydrogen-bond donors (Lipinski definition) is 3. The quantitative estimate of drug-likeness (QED) is 0.506. The highest BCUT2D eigenvalue weighted by Gasteiger charge is 2.22. The fraction of sp³-hybridized carbons (Fsp3) is 0.875. The second-order valence-corrected chi connectivity index (χ2v) is 6.42. The van der Waals surface area contributed by atoms with Gasteiger partial charge in [-0.1, -0.05) is 13.8 Å². The molecule has 0 spiro atoms. The molecule has 0 aliphatic heterocycles. The van der Waals surface area contributed by atoms with Crippen molar-refractivity contribution < 1.29 is 9.59 Å². The monoisotopic (exact) mass is 297 g/mol. The molecule has 1 fully saturated rings. The van der Waals surface area contributed by atoms with Crippen molar-refractivity contribution in [1.29, 1.82) is 0 Å². The average molecular weight is 297 g/mol. The molecule has 21 heavy (non-hydrogen) atoms. The lowest BCUT2D eigenvalue weighted by molar-refractivity contribution is -0.123. The van der Waals surface area contributed by atoms with Crippen molar-refractivity contribution >= 4 is 11.8 Å². The van der Waals surface area contributed by atoms with Crippen molar-refractivity contribution in [2.75, 3.05) is 13.1 Å². The largest absolute Gasteiger partial charge is 0.356 e. The van der Waals surface area contributed by atoms with Crippen LogP contribution < -0.4 is 16.4 Å². The summed E-state index contributed by atoms with van der Waals surface area (Å²) in [6, 6.07) is 0.419. The van der Waals surface area contributed by atoms with Crippen LogP contribution in [0.1, 0.15) is 58.8 Å². The van der Waals surface area contributed by atoms with Crippen LogP contribution in [-0.4, -0.2) is 30.9 Å². The number of hydrogen-bond acceptors (Lipinski definition) is 3. The lowest BCUT2D eigenvalue weighted by Crippen LogP contribution is -2.28. The van der Waals surface area contributed by atoms with Crippen molar-refractivity contribution in [3.05, 3.63) is 0 Å². The van der Waals surface area contributed by atoms with E-state index in [0.29, 0.717) is 50.2 Å². The normalized spacial score (nSPS) is 15.8. The summed E-state index contributed by atoms with van der Waals surface area (Å²) >= 11 is 0. The van der Waals surface area contributed by atoms with Gasteiger partial charge in [-0.25, -0.2) is 0 Å². The van der Waals surface area contributed by atoms with Crippen LogP contribution in [0.25, 0.3) is 0 Å². The van der Waals surface area contributed by atoms with Gasteiger partial charge in [-0.3, -0.25) is 9.59 Å². The molecule has 122 valence electrons. The van der Waals surface area contributed by atoms with Crippen LogP contribution >= 0.6 is 0 Å². The molecule has 2 amide bonds. The zero-order valence-corrected chi connectivity index (χ0v) is 13.5. The van der Waals surface area contributed by atoms with Gasteiger partial charge in [-0.05, 0) is 50.5 Å². The third kappa shape index (κ3) is 8.71. The van der Waals surface area contributed by atoms with E-state index in [1.54, 1.807) is 0 Å². The van der Waals surface area contributed by atoms with E-state index in [4.69, 9.17) is 5.73 Å². The molecule has 1 unspecified atom stereocenters. The maximum atomic E-state index is 11.8. The maximum absolute atomic E-state index is 11.8.